The number of H-pyrrole nitrogens is 1. The van der Waals surface area contributed by atoms with E-state index < -0.39 is 40.8 Å². The number of esters is 1. The van der Waals surface area contributed by atoms with Gasteiger partial charge in [-0.3, -0.25) is 19.2 Å². The van der Waals surface area contributed by atoms with E-state index in [0.717, 1.165) is 11.3 Å². The summed E-state index contributed by atoms with van der Waals surface area (Å²) in [6.45, 7) is 1.60. The molecule has 45 heavy (non-hydrogen) atoms. The van der Waals surface area contributed by atoms with E-state index in [9.17, 15) is 24.0 Å². The molecule has 10 nitrogen and oxygen atoms in total. The molecule has 4 aromatic rings. The Morgan fingerprint density at radius 2 is 1.76 bits per heavy atom. The summed E-state index contributed by atoms with van der Waals surface area (Å²) in [5.41, 5.74) is 1.76. The number of fused-ring (bicyclic) bond motifs is 2. The van der Waals surface area contributed by atoms with Gasteiger partial charge in [-0.2, -0.15) is 0 Å². The number of nitrogens with one attached hydrogen (secondary N) is 2. The number of hydrogen-bond donors (Lipinski definition) is 2. The van der Waals surface area contributed by atoms with Crippen LogP contribution >= 0.6 is 50.6 Å². The standard InChI is InChI=1S/C31H23BrClN3O7S2/c1-2-42-30(40)15-3-8-18(9-4-15)34-22(37)14-43-21-12-5-16(32)13-20(21)23-24-26(44-27-25(23)45-31(41)35-27)29(39)36(28(24)38)19-10-6-17(33)7-11-19/h3-13,23-24,26H,2,14H2,1H3,(H,34,37)(H,35,41)/t23-,24?,26?/m1/s1. The van der Waals surface area contributed by atoms with Crippen molar-refractivity contribution in [1.29, 1.82) is 0 Å². The Morgan fingerprint density at radius 3 is 2.47 bits per heavy atom. The lowest BCUT2D eigenvalue weighted by Crippen LogP contribution is -2.32. The fourth-order valence-electron chi connectivity index (χ4n) is 5.34. The molecule has 3 aromatic carbocycles. The van der Waals surface area contributed by atoms with Gasteiger partial charge in [-0.05, 0) is 73.7 Å². The molecule has 3 amide bonds. The second kappa shape index (κ2) is 12.8. The van der Waals surface area contributed by atoms with E-state index in [1.165, 1.54) is 16.7 Å². The van der Waals surface area contributed by atoms with Gasteiger partial charge < -0.3 is 19.8 Å². The van der Waals surface area contributed by atoms with Crippen molar-refractivity contribution in [3.63, 3.8) is 0 Å². The number of imide groups is 1. The molecular weight excluding hydrogens is 706 g/mol. The lowest BCUT2D eigenvalue weighted by atomic mass is 9.82. The van der Waals surface area contributed by atoms with Gasteiger partial charge >= 0.3 is 10.8 Å². The number of aromatic amines is 1. The third-order valence-electron chi connectivity index (χ3n) is 7.25. The average molecular weight is 729 g/mol. The topological polar surface area (TPSA) is 135 Å². The number of amides is 3. The second-order valence-corrected chi connectivity index (χ2v) is 13.6. The van der Waals surface area contributed by atoms with Gasteiger partial charge in [0.2, 0.25) is 11.8 Å². The number of hydrogen-bond acceptors (Lipinski definition) is 9. The van der Waals surface area contributed by atoms with Crippen LogP contribution in [-0.4, -0.2) is 47.1 Å². The number of ether oxygens (including phenoxy) is 2. The molecule has 0 bridgehead atoms. The van der Waals surface area contributed by atoms with Crippen LogP contribution in [-0.2, 0) is 19.1 Å². The number of anilines is 2. The first-order chi connectivity index (χ1) is 21.6. The van der Waals surface area contributed by atoms with E-state index in [0.29, 0.717) is 47.6 Å². The molecule has 3 heterocycles. The smallest absolute Gasteiger partial charge is 0.338 e. The van der Waals surface area contributed by atoms with Gasteiger partial charge in [0.1, 0.15) is 11.0 Å². The lowest BCUT2D eigenvalue weighted by Gasteiger charge is -2.31. The van der Waals surface area contributed by atoms with Crippen molar-refractivity contribution in [2.24, 2.45) is 5.92 Å². The monoisotopic (exact) mass is 727 g/mol. The number of nitrogens with zero attached hydrogens (tertiary/aromatic N) is 1. The first-order valence-corrected chi connectivity index (χ1v) is 16.5. The van der Waals surface area contributed by atoms with E-state index in [2.05, 4.69) is 26.2 Å². The minimum absolute atomic E-state index is 0.253. The Bertz CT molecular complexity index is 1880. The molecule has 230 valence electrons. The zero-order valence-electron chi connectivity index (χ0n) is 23.4. The van der Waals surface area contributed by atoms with Crippen molar-refractivity contribution in [2.45, 2.75) is 23.1 Å². The van der Waals surface area contributed by atoms with Gasteiger partial charge in [0.05, 0.1) is 28.8 Å². The zero-order valence-corrected chi connectivity index (χ0v) is 27.3. The first-order valence-electron chi connectivity index (χ1n) is 13.7. The van der Waals surface area contributed by atoms with Gasteiger partial charge in [-0.25, -0.2) is 9.69 Å². The maximum atomic E-state index is 14.0. The van der Waals surface area contributed by atoms with Crippen molar-refractivity contribution in [2.75, 3.05) is 23.4 Å². The summed E-state index contributed by atoms with van der Waals surface area (Å²) in [5, 5.41) is 2.91. The number of thiazole rings is 1. The zero-order chi connectivity index (χ0) is 31.8. The normalized spacial score (nSPS) is 18.7. The highest BCUT2D eigenvalue weighted by Gasteiger charge is 2.56. The molecule has 14 heteroatoms. The minimum Gasteiger partial charge on any atom is -0.483 e. The summed E-state index contributed by atoms with van der Waals surface area (Å²) in [6.07, 6.45) is 0. The van der Waals surface area contributed by atoms with Crippen LogP contribution in [0.25, 0.3) is 0 Å². The maximum Gasteiger partial charge on any atom is 0.338 e. The van der Waals surface area contributed by atoms with Gasteiger partial charge in [0.25, 0.3) is 5.91 Å². The van der Waals surface area contributed by atoms with E-state index in [1.807, 2.05) is 0 Å². The Labute approximate surface area is 278 Å². The molecule has 2 unspecified atom stereocenters. The second-order valence-electron chi connectivity index (χ2n) is 10.1. The van der Waals surface area contributed by atoms with Crippen LogP contribution in [0.4, 0.5) is 11.4 Å². The van der Waals surface area contributed by atoms with Crippen molar-refractivity contribution < 1.29 is 28.7 Å². The number of carbonyl (C=O) groups is 4. The summed E-state index contributed by atoms with van der Waals surface area (Å²) >= 11 is 11.7. The Balaban J connectivity index is 1.28. The van der Waals surface area contributed by atoms with Crippen molar-refractivity contribution >= 4 is 85.7 Å². The number of rotatable bonds is 8. The van der Waals surface area contributed by atoms with E-state index in [-0.39, 0.29) is 18.1 Å². The SMILES string of the molecule is CCOC(=O)c1ccc(NC(=O)COc2ccc(Br)cc2[C@H]2c3sc(=O)[nH]c3SC3C(=O)N(c4ccc(Cl)cc4)C(=O)C32)cc1. The van der Waals surface area contributed by atoms with Crippen LogP contribution in [0.3, 0.4) is 0 Å². The predicted octanol–water partition coefficient (Wildman–Crippen LogP) is 5.84. The molecule has 3 atom stereocenters. The summed E-state index contributed by atoms with van der Waals surface area (Å²) in [6, 6.07) is 17.9. The average Bonchev–Trinajstić information content (AvgIpc) is 3.51. The predicted molar refractivity (Wildman–Crippen MR) is 175 cm³/mol. The van der Waals surface area contributed by atoms with Gasteiger partial charge in [-0.15, -0.1) is 0 Å². The Morgan fingerprint density at radius 1 is 1.02 bits per heavy atom. The van der Waals surface area contributed by atoms with Crippen LogP contribution in [0.15, 0.2) is 81.0 Å². The number of aromatic nitrogens is 1. The van der Waals surface area contributed by atoms with Crippen molar-refractivity contribution in [3.05, 3.63) is 102 Å². The van der Waals surface area contributed by atoms with E-state index in [4.69, 9.17) is 21.1 Å². The fourth-order valence-corrected chi connectivity index (χ4v) is 8.35. The molecule has 2 aliphatic rings. The molecule has 0 radical (unpaired) electrons. The molecule has 1 aromatic heterocycles. The molecule has 1 fully saturated rings. The number of thioether (sulfide) groups is 1. The van der Waals surface area contributed by atoms with Crippen molar-refractivity contribution in [3.8, 4) is 5.75 Å². The van der Waals surface area contributed by atoms with Gasteiger partial charge in [-0.1, -0.05) is 50.6 Å². The van der Waals surface area contributed by atoms with Crippen LogP contribution in [0, 0.1) is 5.92 Å². The summed E-state index contributed by atoms with van der Waals surface area (Å²) in [7, 11) is 0. The number of halogens is 2. The first kappa shape index (κ1) is 31.1. The highest BCUT2D eigenvalue weighted by molar-refractivity contribution is 9.10. The molecule has 0 saturated carbocycles. The highest BCUT2D eigenvalue weighted by atomic mass is 79.9. The van der Waals surface area contributed by atoms with E-state index in [1.54, 1.807) is 73.7 Å². The Kier molecular flexibility index (Phi) is 8.87. The van der Waals surface area contributed by atoms with Gasteiger partial charge in [0.15, 0.2) is 6.61 Å². The summed E-state index contributed by atoms with van der Waals surface area (Å²) in [4.78, 5) is 69.3. The van der Waals surface area contributed by atoms with Crippen LogP contribution in [0.2, 0.25) is 5.02 Å². The molecule has 2 aliphatic heterocycles. The molecular formula is C31H23BrClN3O7S2. The molecule has 1 saturated heterocycles. The molecule has 0 spiro atoms. The maximum absolute atomic E-state index is 14.0. The quantitative estimate of drug-likeness (QED) is 0.171. The lowest BCUT2D eigenvalue weighted by molar-refractivity contribution is -0.122. The third-order valence-corrected chi connectivity index (χ3v) is 10.4. The summed E-state index contributed by atoms with van der Waals surface area (Å²) in [5.74, 6) is -2.97. The minimum atomic E-state index is -0.847. The van der Waals surface area contributed by atoms with Crippen molar-refractivity contribution in [1.82, 2.24) is 4.98 Å². The fraction of sp³-hybridized carbons (Fsp3) is 0.194. The summed E-state index contributed by atoms with van der Waals surface area (Å²) < 4.78 is 11.7. The molecule has 2 N–H and O–H groups in total. The molecule has 6 rings (SSSR count). The third kappa shape index (κ3) is 6.17. The largest absolute Gasteiger partial charge is 0.483 e. The number of benzene rings is 3. The van der Waals surface area contributed by atoms with E-state index >= 15 is 0 Å². The van der Waals surface area contributed by atoms with Crippen LogP contribution in [0.1, 0.15) is 33.6 Å². The van der Waals surface area contributed by atoms with Crippen LogP contribution in [0.5, 0.6) is 5.75 Å². The molecule has 0 aliphatic carbocycles. The van der Waals surface area contributed by atoms with Gasteiger partial charge in [0, 0.05) is 31.5 Å². The van der Waals surface area contributed by atoms with Crippen LogP contribution < -0.4 is 19.8 Å². The number of carbonyl (C=O) groups excluding carboxylic acids is 4. The highest BCUT2D eigenvalue weighted by Crippen LogP contribution is 2.54. The Hall–Kier alpha value is -3.91.